The van der Waals surface area contributed by atoms with E-state index in [1.165, 1.54) is 0 Å². The minimum Gasteiger partial charge on any atom is -0.454 e. The molecule has 98 valence electrons. The lowest BCUT2D eigenvalue weighted by Crippen LogP contribution is -2.35. The first-order valence-electron chi connectivity index (χ1n) is 6.06. The molecule has 0 spiro atoms. The third-order valence-corrected chi connectivity index (χ3v) is 2.70. The second kappa shape index (κ2) is 5.73. The Bertz CT molecular complexity index is 432. The van der Waals surface area contributed by atoms with Gasteiger partial charge >= 0.3 is 0 Å². The summed E-state index contributed by atoms with van der Waals surface area (Å²) in [4.78, 5) is 11.5. The lowest BCUT2D eigenvalue weighted by atomic mass is 10.1. The molecule has 1 heterocycles. The van der Waals surface area contributed by atoms with Crippen LogP contribution in [0.15, 0.2) is 18.2 Å². The van der Waals surface area contributed by atoms with E-state index in [1.54, 1.807) is 0 Å². The maximum Gasteiger partial charge on any atom is 0.231 e. The van der Waals surface area contributed by atoms with E-state index < -0.39 is 0 Å². The number of aryl methyl sites for hydroxylation is 1. The van der Waals surface area contributed by atoms with Crippen LogP contribution in [0.5, 0.6) is 11.5 Å². The maximum atomic E-state index is 11.5. The van der Waals surface area contributed by atoms with Crippen molar-refractivity contribution in [2.45, 2.75) is 25.8 Å². The number of carbonyl (C=O) groups excluding carboxylic acids is 1. The molecule has 0 fully saturated rings. The van der Waals surface area contributed by atoms with Crippen molar-refractivity contribution in [2.75, 3.05) is 13.3 Å². The van der Waals surface area contributed by atoms with Crippen molar-refractivity contribution in [1.29, 1.82) is 0 Å². The maximum absolute atomic E-state index is 11.5. The molecule has 1 aromatic rings. The quantitative estimate of drug-likeness (QED) is 0.811. The highest BCUT2D eigenvalue weighted by molar-refractivity contribution is 5.76. The largest absolute Gasteiger partial charge is 0.454 e. The Labute approximate surface area is 106 Å². The van der Waals surface area contributed by atoms with Gasteiger partial charge in [-0.25, -0.2) is 0 Å². The van der Waals surface area contributed by atoms with E-state index in [0.717, 1.165) is 17.1 Å². The fourth-order valence-electron chi connectivity index (χ4n) is 1.72. The van der Waals surface area contributed by atoms with Crippen LogP contribution >= 0.6 is 0 Å². The third kappa shape index (κ3) is 3.37. The highest BCUT2D eigenvalue weighted by Gasteiger charge is 2.13. The molecule has 3 N–H and O–H groups in total. The molecular formula is C13H18N2O3. The average molecular weight is 250 g/mol. The number of rotatable bonds is 5. The van der Waals surface area contributed by atoms with Gasteiger partial charge in [0.2, 0.25) is 12.7 Å². The Hall–Kier alpha value is -1.75. The van der Waals surface area contributed by atoms with Crippen LogP contribution in [0.2, 0.25) is 0 Å². The van der Waals surface area contributed by atoms with Gasteiger partial charge in [-0.3, -0.25) is 4.79 Å². The Kier molecular flexibility index (Phi) is 4.04. The Morgan fingerprint density at radius 3 is 3.00 bits per heavy atom. The monoisotopic (exact) mass is 250 g/mol. The molecule has 1 aliphatic rings. The average Bonchev–Trinajstić information content (AvgIpc) is 2.81. The van der Waals surface area contributed by atoms with Gasteiger partial charge in [0.1, 0.15) is 0 Å². The molecule has 1 aliphatic heterocycles. The Balaban J connectivity index is 1.81. The van der Waals surface area contributed by atoms with E-state index in [-0.39, 0.29) is 18.7 Å². The summed E-state index contributed by atoms with van der Waals surface area (Å²) in [6.07, 6.45) is 1.13. The number of fused-ring (bicyclic) bond motifs is 1. The number of carbonyl (C=O) groups is 1. The van der Waals surface area contributed by atoms with Crippen molar-refractivity contribution >= 4 is 5.91 Å². The summed E-state index contributed by atoms with van der Waals surface area (Å²) >= 11 is 0. The van der Waals surface area contributed by atoms with Gasteiger partial charge in [-0.05, 0) is 31.0 Å². The zero-order valence-electron chi connectivity index (χ0n) is 10.4. The first-order valence-corrected chi connectivity index (χ1v) is 6.06. The number of nitrogens with two attached hydrogens (primary N) is 1. The van der Waals surface area contributed by atoms with Crippen molar-refractivity contribution in [2.24, 2.45) is 5.73 Å². The highest BCUT2D eigenvalue weighted by Crippen LogP contribution is 2.32. The SMILES string of the molecule is CC(N)CNC(=O)CCc1ccc2c(c1)OCO2. The number of benzene rings is 1. The number of amides is 1. The van der Waals surface area contributed by atoms with Crippen molar-refractivity contribution < 1.29 is 14.3 Å². The van der Waals surface area contributed by atoms with Gasteiger partial charge in [-0.2, -0.15) is 0 Å². The molecule has 0 aromatic heterocycles. The van der Waals surface area contributed by atoms with E-state index >= 15 is 0 Å². The smallest absolute Gasteiger partial charge is 0.231 e. The van der Waals surface area contributed by atoms with Crippen LogP contribution in [-0.2, 0) is 11.2 Å². The van der Waals surface area contributed by atoms with Gasteiger partial charge in [0.15, 0.2) is 11.5 Å². The number of nitrogens with one attached hydrogen (secondary N) is 1. The lowest BCUT2D eigenvalue weighted by Gasteiger charge is -2.07. The van der Waals surface area contributed by atoms with Crippen LogP contribution in [0.3, 0.4) is 0 Å². The summed E-state index contributed by atoms with van der Waals surface area (Å²) in [5.74, 6) is 1.54. The van der Waals surface area contributed by atoms with Crippen LogP contribution in [0, 0.1) is 0 Å². The topological polar surface area (TPSA) is 73.6 Å². The number of ether oxygens (including phenoxy) is 2. The van der Waals surface area contributed by atoms with Gasteiger partial charge in [0.05, 0.1) is 0 Å². The zero-order chi connectivity index (χ0) is 13.0. The van der Waals surface area contributed by atoms with Crippen molar-refractivity contribution in [3.05, 3.63) is 23.8 Å². The lowest BCUT2D eigenvalue weighted by molar-refractivity contribution is -0.121. The highest BCUT2D eigenvalue weighted by atomic mass is 16.7. The van der Waals surface area contributed by atoms with E-state index in [0.29, 0.717) is 19.4 Å². The molecule has 2 rings (SSSR count). The van der Waals surface area contributed by atoms with E-state index in [9.17, 15) is 4.79 Å². The fourth-order valence-corrected chi connectivity index (χ4v) is 1.72. The second-order valence-electron chi connectivity index (χ2n) is 4.47. The van der Waals surface area contributed by atoms with Gasteiger partial charge in [-0.1, -0.05) is 6.07 Å². The predicted molar refractivity (Wildman–Crippen MR) is 67.5 cm³/mol. The molecular weight excluding hydrogens is 232 g/mol. The number of hydrogen-bond acceptors (Lipinski definition) is 4. The Morgan fingerprint density at radius 1 is 1.44 bits per heavy atom. The third-order valence-electron chi connectivity index (χ3n) is 2.70. The normalized spacial score (nSPS) is 14.3. The van der Waals surface area contributed by atoms with E-state index in [1.807, 2.05) is 25.1 Å². The predicted octanol–water partition coefficient (Wildman–Crippen LogP) is 0.811. The van der Waals surface area contributed by atoms with Crippen molar-refractivity contribution in [3.63, 3.8) is 0 Å². The van der Waals surface area contributed by atoms with Gasteiger partial charge in [-0.15, -0.1) is 0 Å². The summed E-state index contributed by atoms with van der Waals surface area (Å²) in [7, 11) is 0. The minimum atomic E-state index is -0.0144. The molecule has 1 amide bonds. The number of hydrogen-bond donors (Lipinski definition) is 2. The van der Waals surface area contributed by atoms with Crippen molar-refractivity contribution in [3.8, 4) is 11.5 Å². The zero-order valence-corrected chi connectivity index (χ0v) is 10.4. The molecule has 1 unspecified atom stereocenters. The van der Waals surface area contributed by atoms with Crippen LogP contribution in [0.4, 0.5) is 0 Å². The summed E-state index contributed by atoms with van der Waals surface area (Å²) in [6, 6.07) is 5.73. The van der Waals surface area contributed by atoms with Gasteiger partial charge in [0.25, 0.3) is 0 Å². The first kappa shape index (κ1) is 12.7. The Morgan fingerprint density at radius 2 is 2.22 bits per heavy atom. The minimum absolute atomic E-state index is 0.0144. The second-order valence-corrected chi connectivity index (χ2v) is 4.47. The summed E-state index contributed by atoms with van der Waals surface area (Å²) in [6.45, 7) is 2.64. The molecule has 5 heteroatoms. The van der Waals surface area contributed by atoms with Gasteiger partial charge < -0.3 is 20.5 Å². The first-order chi connectivity index (χ1) is 8.65. The fraction of sp³-hybridized carbons (Fsp3) is 0.462. The molecule has 0 radical (unpaired) electrons. The summed E-state index contributed by atoms with van der Waals surface area (Å²) in [5.41, 5.74) is 6.63. The summed E-state index contributed by atoms with van der Waals surface area (Å²) in [5, 5.41) is 2.78. The summed E-state index contributed by atoms with van der Waals surface area (Å²) < 4.78 is 10.5. The van der Waals surface area contributed by atoms with Gasteiger partial charge in [0, 0.05) is 19.0 Å². The molecule has 18 heavy (non-hydrogen) atoms. The van der Waals surface area contributed by atoms with Crippen LogP contribution in [0.25, 0.3) is 0 Å². The molecule has 1 atom stereocenters. The van der Waals surface area contributed by atoms with Crippen molar-refractivity contribution in [1.82, 2.24) is 5.32 Å². The standard InChI is InChI=1S/C13H18N2O3/c1-9(14)7-15-13(16)5-3-10-2-4-11-12(6-10)18-8-17-11/h2,4,6,9H,3,5,7-8,14H2,1H3,(H,15,16). The molecule has 0 saturated carbocycles. The molecule has 0 bridgehead atoms. The molecule has 0 saturated heterocycles. The molecule has 0 aliphatic carbocycles. The molecule has 5 nitrogen and oxygen atoms in total. The van der Waals surface area contributed by atoms with Crippen LogP contribution < -0.4 is 20.5 Å². The molecule has 1 aromatic carbocycles. The van der Waals surface area contributed by atoms with Crippen LogP contribution in [0.1, 0.15) is 18.9 Å². The van der Waals surface area contributed by atoms with E-state index in [2.05, 4.69) is 5.32 Å². The van der Waals surface area contributed by atoms with E-state index in [4.69, 9.17) is 15.2 Å². The van der Waals surface area contributed by atoms with Crippen LogP contribution in [-0.4, -0.2) is 25.3 Å².